The van der Waals surface area contributed by atoms with Crippen LogP contribution in [0.5, 0.6) is 0 Å². The Labute approximate surface area is 146 Å². The van der Waals surface area contributed by atoms with Crippen LogP contribution in [0.4, 0.5) is 0 Å². The Hall–Kier alpha value is -1.67. The molecule has 1 fully saturated rings. The molecular formula is C22H30N2. The molecule has 0 radical (unpaired) electrons. The summed E-state index contributed by atoms with van der Waals surface area (Å²) in [5.41, 5.74) is 5.30. The average Bonchev–Trinajstić information content (AvgIpc) is 3.03. The second kappa shape index (κ2) is 7.48. The van der Waals surface area contributed by atoms with Gasteiger partial charge >= 0.3 is 0 Å². The molecule has 1 saturated heterocycles. The lowest BCUT2D eigenvalue weighted by molar-refractivity contribution is 0.295. The predicted molar refractivity (Wildman–Crippen MR) is 102 cm³/mol. The maximum absolute atomic E-state index is 4.56. The minimum absolute atomic E-state index is 0.509. The molecule has 24 heavy (non-hydrogen) atoms. The Morgan fingerprint density at radius 1 is 1.12 bits per heavy atom. The highest BCUT2D eigenvalue weighted by molar-refractivity contribution is 5.65. The van der Waals surface area contributed by atoms with Gasteiger partial charge in [0.15, 0.2) is 0 Å². The first-order chi connectivity index (χ1) is 11.5. The highest BCUT2D eigenvalue weighted by atomic mass is 15.1. The Bertz CT molecular complexity index is 661. The van der Waals surface area contributed by atoms with Crippen molar-refractivity contribution in [1.29, 1.82) is 0 Å². The third-order valence-electron chi connectivity index (χ3n) is 5.01. The van der Waals surface area contributed by atoms with E-state index in [4.69, 9.17) is 0 Å². The zero-order valence-electron chi connectivity index (χ0n) is 15.5. The van der Waals surface area contributed by atoms with E-state index in [1.165, 1.54) is 42.7 Å². The first kappa shape index (κ1) is 17.2. The zero-order valence-corrected chi connectivity index (χ0v) is 15.5. The van der Waals surface area contributed by atoms with Crippen LogP contribution in [0, 0.1) is 5.92 Å². The Balaban J connectivity index is 1.85. The fourth-order valence-corrected chi connectivity index (χ4v) is 3.86. The van der Waals surface area contributed by atoms with Gasteiger partial charge < -0.3 is 4.90 Å². The van der Waals surface area contributed by atoms with Crippen molar-refractivity contribution in [3.05, 3.63) is 53.7 Å². The smallest absolute Gasteiger partial charge is 0.0704 e. The Kier molecular flexibility index (Phi) is 5.35. The van der Waals surface area contributed by atoms with Crippen LogP contribution in [0.25, 0.3) is 11.3 Å². The van der Waals surface area contributed by atoms with E-state index in [9.17, 15) is 0 Å². The minimum Gasteiger partial charge on any atom is -0.302 e. The molecule has 0 N–H and O–H groups in total. The number of rotatable bonds is 5. The SMILES string of the molecule is CC(C)CN1CCC(c2ccc(-c3ccccn3)c(C(C)C)c2)C1. The zero-order chi connectivity index (χ0) is 17.1. The summed E-state index contributed by atoms with van der Waals surface area (Å²) in [6.45, 7) is 12.9. The first-order valence-corrected chi connectivity index (χ1v) is 9.32. The van der Waals surface area contributed by atoms with Crippen molar-refractivity contribution < 1.29 is 0 Å². The van der Waals surface area contributed by atoms with Gasteiger partial charge in [0.2, 0.25) is 0 Å². The van der Waals surface area contributed by atoms with Gasteiger partial charge in [0, 0.05) is 24.8 Å². The van der Waals surface area contributed by atoms with E-state index in [0.717, 1.165) is 11.6 Å². The standard InChI is InChI=1S/C22H30N2/c1-16(2)14-24-12-10-19(15-24)18-8-9-20(21(13-18)17(3)4)22-7-5-6-11-23-22/h5-9,11,13,16-17,19H,10,12,14-15H2,1-4H3. The molecule has 2 nitrogen and oxygen atoms in total. The summed E-state index contributed by atoms with van der Waals surface area (Å²) in [6, 6.07) is 13.2. The molecule has 2 heteroatoms. The Morgan fingerprint density at radius 3 is 2.62 bits per heavy atom. The molecular weight excluding hydrogens is 292 g/mol. The molecule has 0 aliphatic carbocycles. The van der Waals surface area contributed by atoms with Crippen LogP contribution in [0.2, 0.25) is 0 Å². The van der Waals surface area contributed by atoms with Crippen LogP contribution in [0.15, 0.2) is 42.6 Å². The van der Waals surface area contributed by atoms with Gasteiger partial charge in [-0.3, -0.25) is 4.98 Å². The molecule has 1 aliphatic heterocycles. The molecule has 1 aromatic carbocycles. The number of nitrogens with zero attached hydrogens (tertiary/aromatic N) is 2. The number of hydrogen-bond donors (Lipinski definition) is 0. The van der Waals surface area contributed by atoms with E-state index < -0.39 is 0 Å². The minimum atomic E-state index is 0.509. The summed E-state index contributed by atoms with van der Waals surface area (Å²) in [4.78, 5) is 7.18. The summed E-state index contributed by atoms with van der Waals surface area (Å²) in [5.74, 6) is 1.94. The van der Waals surface area contributed by atoms with Crippen molar-refractivity contribution in [2.24, 2.45) is 5.92 Å². The molecule has 0 bridgehead atoms. The number of pyridine rings is 1. The second-order valence-corrected chi connectivity index (χ2v) is 7.86. The third kappa shape index (κ3) is 3.87. The van der Waals surface area contributed by atoms with Gasteiger partial charge in [-0.2, -0.15) is 0 Å². The molecule has 2 heterocycles. The highest BCUT2D eigenvalue weighted by Crippen LogP contribution is 2.34. The van der Waals surface area contributed by atoms with Crippen molar-refractivity contribution in [2.75, 3.05) is 19.6 Å². The van der Waals surface area contributed by atoms with E-state index >= 15 is 0 Å². The lowest BCUT2D eigenvalue weighted by Crippen LogP contribution is -2.24. The molecule has 1 aromatic heterocycles. The number of benzene rings is 1. The molecule has 128 valence electrons. The molecule has 2 aromatic rings. The number of aromatic nitrogens is 1. The maximum Gasteiger partial charge on any atom is 0.0704 e. The van der Waals surface area contributed by atoms with Crippen LogP contribution >= 0.6 is 0 Å². The molecule has 1 aliphatic rings. The van der Waals surface area contributed by atoms with Crippen molar-refractivity contribution in [2.45, 2.75) is 46.0 Å². The van der Waals surface area contributed by atoms with Crippen molar-refractivity contribution >= 4 is 0 Å². The van der Waals surface area contributed by atoms with Crippen LogP contribution < -0.4 is 0 Å². The summed E-state index contributed by atoms with van der Waals surface area (Å²) >= 11 is 0. The molecule has 1 unspecified atom stereocenters. The normalized spacial score (nSPS) is 18.7. The van der Waals surface area contributed by atoms with Gasteiger partial charge in [-0.15, -0.1) is 0 Å². The average molecular weight is 322 g/mol. The molecule has 3 rings (SSSR count). The number of hydrogen-bond acceptors (Lipinski definition) is 2. The van der Waals surface area contributed by atoms with Crippen LogP contribution in [0.3, 0.4) is 0 Å². The van der Waals surface area contributed by atoms with Gasteiger partial charge in [0.1, 0.15) is 0 Å². The molecule has 1 atom stereocenters. The lowest BCUT2D eigenvalue weighted by atomic mass is 9.89. The lowest BCUT2D eigenvalue weighted by Gasteiger charge is -2.20. The summed E-state index contributed by atoms with van der Waals surface area (Å²) < 4.78 is 0. The van der Waals surface area contributed by atoms with Crippen LogP contribution in [0.1, 0.15) is 57.1 Å². The van der Waals surface area contributed by atoms with E-state index in [0.29, 0.717) is 11.8 Å². The van der Waals surface area contributed by atoms with Crippen LogP contribution in [-0.4, -0.2) is 29.5 Å². The van der Waals surface area contributed by atoms with E-state index in [1.54, 1.807) is 0 Å². The highest BCUT2D eigenvalue weighted by Gasteiger charge is 2.25. The van der Waals surface area contributed by atoms with E-state index in [-0.39, 0.29) is 0 Å². The fraction of sp³-hybridized carbons (Fsp3) is 0.500. The fourth-order valence-electron chi connectivity index (χ4n) is 3.86. The quantitative estimate of drug-likeness (QED) is 0.741. The summed E-state index contributed by atoms with van der Waals surface area (Å²) in [6.07, 6.45) is 3.17. The monoisotopic (exact) mass is 322 g/mol. The molecule has 0 spiro atoms. The predicted octanol–water partition coefficient (Wildman–Crippen LogP) is 5.32. The maximum atomic E-state index is 4.56. The van der Waals surface area contributed by atoms with Crippen molar-refractivity contribution in [1.82, 2.24) is 9.88 Å². The van der Waals surface area contributed by atoms with Crippen molar-refractivity contribution in [3.8, 4) is 11.3 Å². The van der Waals surface area contributed by atoms with E-state index in [1.807, 2.05) is 12.3 Å². The largest absolute Gasteiger partial charge is 0.302 e. The van der Waals surface area contributed by atoms with Gasteiger partial charge in [-0.1, -0.05) is 52.0 Å². The summed E-state index contributed by atoms with van der Waals surface area (Å²) in [5, 5.41) is 0. The second-order valence-electron chi connectivity index (χ2n) is 7.86. The van der Waals surface area contributed by atoms with Gasteiger partial charge in [0.05, 0.1) is 5.69 Å². The first-order valence-electron chi connectivity index (χ1n) is 9.32. The van der Waals surface area contributed by atoms with Gasteiger partial charge in [-0.05, 0) is 54.0 Å². The third-order valence-corrected chi connectivity index (χ3v) is 5.01. The van der Waals surface area contributed by atoms with Gasteiger partial charge in [0.25, 0.3) is 0 Å². The van der Waals surface area contributed by atoms with Crippen LogP contribution in [-0.2, 0) is 0 Å². The van der Waals surface area contributed by atoms with Crippen molar-refractivity contribution in [3.63, 3.8) is 0 Å². The van der Waals surface area contributed by atoms with E-state index in [2.05, 4.69) is 67.9 Å². The molecule has 0 saturated carbocycles. The topological polar surface area (TPSA) is 16.1 Å². The Morgan fingerprint density at radius 2 is 1.96 bits per heavy atom. The molecule has 0 amide bonds. The summed E-state index contributed by atoms with van der Waals surface area (Å²) in [7, 11) is 0. The number of likely N-dealkylation sites (tertiary alicyclic amines) is 1. The van der Waals surface area contributed by atoms with Gasteiger partial charge in [-0.25, -0.2) is 0 Å².